The van der Waals surface area contributed by atoms with Crippen molar-refractivity contribution in [2.24, 2.45) is 0 Å². The van der Waals surface area contributed by atoms with Crippen molar-refractivity contribution in [2.75, 3.05) is 5.32 Å². The van der Waals surface area contributed by atoms with E-state index in [1.54, 1.807) is 17.4 Å². The van der Waals surface area contributed by atoms with Gasteiger partial charge in [0.05, 0.1) is 0 Å². The van der Waals surface area contributed by atoms with Crippen molar-refractivity contribution in [3.8, 4) is 0 Å². The summed E-state index contributed by atoms with van der Waals surface area (Å²) < 4.78 is 12.6. The summed E-state index contributed by atoms with van der Waals surface area (Å²) in [6, 6.07) is 9.49. The Morgan fingerprint density at radius 1 is 1.24 bits per heavy atom. The topological polar surface area (TPSA) is 29.1 Å². The second-order valence-electron chi connectivity index (χ2n) is 3.34. The molecule has 86 valence electrons. The maximum atomic E-state index is 12.6. The van der Waals surface area contributed by atoms with Crippen LogP contribution < -0.4 is 5.32 Å². The number of hydrogen-bond donors (Lipinski definition) is 1. The molecule has 2 rings (SSSR count). The minimum Gasteiger partial charge on any atom is -0.323 e. The van der Waals surface area contributed by atoms with Gasteiger partial charge in [-0.05, 0) is 41.8 Å². The van der Waals surface area contributed by atoms with Crippen LogP contribution in [0, 0.1) is 5.82 Å². The number of rotatable bonds is 3. The van der Waals surface area contributed by atoms with Gasteiger partial charge >= 0.3 is 0 Å². The first kappa shape index (κ1) is 11.5. The van der Waals surface area contributed by atoms with Crippen molar-refractivity contribution < 1.29 is 9.18 Å². The molecule has 1 heterocycles. The van der Waals surface area contributed by atoms with E-state index in [-0.39, 0.29) is 11.7 Å². The standard InChI is InChI=1S/C13H10FNOS/c14-10-3-5-11(6-4-10)15-13(16)8-7-12-2-1-9-17-12/h1-9H,(H,15,16)/b8-7-. The molecule has 0 saturated heterocycles. The van der Waals surface area contributed by atoms with Crippen LogP contribution in [0.5, 0.6) is 0 Å². The number of thiophene rings is 1. The van der Waals surface area contributed by atoms with Crippen LogP contribution in [-0.2, 0) is 4.79 Å². The zero-order valence-electron chi connectivity index (χ0n) is 8.89. The minimum atomic E-state index is -0.322. The van der Waals surface area contributed by atoms with E-state index >= 15 is 0 Å². The van der Waals surface area contributed by atoms with E-state index in [2.05, 4.69) is 5.32 Å². The smallest absolute Gasteiger partial charge is 0.248 e. The fourth-order valence-corrected chi connectivity index (χ4v) is 1.88. The lowest BCUT2D eigenvalue weighted by atomic mass is 10.3. The first-order chi connectivity index (χ1) is 8.24. The predicted octanol–water partition coefficient (Wildman–Crippen LogP) is 3.54. The van der Waals surface area contributed by atoms with E-state index in [0.717, 1.165) is 4.88 Å². The molecule has 0 fully saturated rings. The molecule has 0 aliphatic carbocycles. The monoisotopic (exact) mass is 247 g/mol. The Bertz CT molecular complexity index is 517. The van der Waals surface area contributed by atoms with Crippen molar-refractivity contribution in [1.29, 1.82) is 0 Å². The van der Waals surface area contributed by atoms with Crippen LogP contribution in [-0.4, -0.2) is 5.91 Å². The Kier molecular flexibility index (Phi) is 3.67. The molecule has 0 aliphatic rings. The summed E-state index contributed by atoms with van der Waals surface area (Å²) in [6.07, 6.45) is 3.19. The number of amides is 1. The van der Waals surface area contributed by atoms with E-state index in [9.17, 15) is 9.18 Å². The van der Waals surface area contributed by atoms with Crippen LogP contribution in [0.15, 0.2) is 47.9 Å². The zero-order chi connectivity index (χ0) is 12.1. The number of halogens is 1. The summed E-state index contributed by atoms with van der Waals surface area (Å²) in [5, 5.41) is 4.59. The Morgan fingerprint density at radius 2 is 2.00 bits per heavy atom. The van der Waals surface area contributed by atoms with Gasteiger partial charge in [-0.15, -0.1) is 11.3 Å². The molecule has 4 heteroatoms. The molecule has 0 atom stereocenters. The number of benzene rings is 1. The van der Waals surface area contributed by atoms with Crippen LogP contribution in [0.4, 0.5) is 10.1 Å². The maximum absolute atomic E-state index is 12.6. The Balaban J connectivity index is 1.95. The van der Waals surface area contributed by atoms with Gasteiger partial charge in [-0.3, -0.25) is 4.79 Å². The highest BCUT2D eigenvalue weighted by Crippen LogP contribution is 2.11. The van der Waals surface area contributed by atoms with Crippen LogP contribution in [0.2, 0.25) is 0 Å². The average molecular weight is 247 g/mol. The van der Waals surface area contributed by atoms with Gasteiger partial charge in [-0.2, -0.15) is 0 Å². The first-order valence-electron chi connectivity index (χ1n) is 5.02. The molecule has 0 bridgehead atoms. The molecule has 0 unspecified atom stereocenters. The number of anilines is 1. The van der Waals surface area contributed by atoms with Crippen molar-refractivity contribution in [1.82, 2.24) is 0 Å². The number of hydrogen-bond acceptors (Lipinski definition) is 2. The van der Waals surface area contributed by atoms with Gasteiger partial charge < -0.3 is 5.32 Å². The fourth-order valence-electron chi connectivity index (χ4n) is 1.26. The van der Waals surface area contributed by atoms with Crippen LogP contribution in [0.25, 0.3) is 6.08 Å². The Hall–Kier alpha value is -1.94. The summed E-state index contributed by atoms with van der Waals surface area (Å²) in [5.74, 6) is -0.554. The molecule has 0 spiro atoms. The lowest BCUT2D eigenvalue weighted by molar-refractivity contribution is -0.111. The van der Waals surface area contributed by atoms with Crippen LogP contribution in [0.1, 0.15) is 4.88 Å². The molecule has 1 aromatic carbocycles. The van der Waals surface area contributed by atoms with Crippen LogP contribution in [0.3, 0.4) is 0 Å². The van der Waals surface area contributed by atoms with E-state index in [4.69, 9.17) is 0 Å². The van der Waals surface area contributed by atoms with E-state index in [0.29, 0.717) is 5.69 Å². The van der Waals surface area contributed by atoms with Crippen LogP contribution >= 0.6 is 11.3 Å². The predicted molar refractivity (Wildman–Crippen MR) is 68.4 cm³/mol. The Labute approximate surface area is 102 Å². The maximum Gasteiger partial charge on any atom is 0.248 e. The SMILES string of the molecule is O=C(/C=C\c1cccs1)Nc1ccc(F)cc1. The summed E-state index contributed by atoms with van der Waals surface area (Å²) in [7, 11) is 0. The lowest BCUT2D eigenvalue weighted by Gasteiger charge is -2.00. The number of carbonyl (C=O) groups is 1. The molecule has 0 saturated carbocycles. The molecule has 1 aromatic heterocycles. The van der Waals surface area contributed by atoms with E-state index in [1.165, 1.54) is 30.3 Å². The summed E-state index contributed by atoms with van der Waals surface area (Å²) in [6.45, 7) is 0. The number of nitrogens with one attached hydrogen (secondary N) is 1. The van der Waals surface area contributed by atoms with Crippen molar-refractivity contribution in [2.45, 2.75) is 0 Å². The lowest BCUT2D eigenvalue weighted by Crippen LogP contribution is -2.07. The highest BCUT2D eigenvalue weighted by Gasteiger charge is 1.98. The Morgan fingerprint density at radius 3 is 2.65 bits per heavy atom. The van der Waals surface area contributed by atoms with E-state index < -0.39 is 0 Å². The molecule has 1 amide bonds. The average Bonchev–Trinajstić information content (AvgIpc) is 2.83. The largest absolute Gasteiger partial charge is 0.323 e. The summed E-state index contributed by atoms with van der Waals surface area (Å²) >= 11 is 1.56. The quantitative estimate of drug-likeness (QED) is 0.826. The highest BCUT2D eigenvalue weighted by atomic mass is 32.1. The molecule has 0 aliphatic heterocycles. The molecule has 2 aromatic rings. The van der Waals surface area contributed by atoms with Gasteiger partial charge in [0.1, 0.15) is 5.82 Å². The van der Waals surface area contributed by atoms with Gasteiger partial charge in [-0.25, -0.2) is 4.39 Å². The molecule has 1 N–H and O–H groups in total. The first-order valence-corrected chi connectivity index (χ1v) is 5.90. The molecular weight excluding hydrogens is 237 g/mol. The molecule has 0 radical (unpaired) electrons. The second-order valence-corrected chi connectivity index (χ2v) is 4.32. The fraction of sp³-hybridized carbons (Fsp3) is 0. The molecular formula is C13H10FNOS. The third kappa shape index (κ3) is 3.53. The normalized spacial score (nSPS) is 10.6. The minimum absolute atomic E-state index is 0.231. The van der Waals surface area contributed by atoms with E-state index in [1.807, 2.05) is 17.5 Å². The van der Waals surface area contributed by atoms with Gasteiger partial charge in [0.15, 0.2) is 0 Å². The third-order valence-corrected chi connectivity index (χ3v) is 2.89. The van der Waals surface area contributed by atoms with Gasteiger partial charge in [0.25, 0.3) is 0 Å². The summed E-state index contributed by atoms with van der Waals surface area (Å²) in [5.41, 5.74) is 0.576. The summed E-state index contributed by atoms with van der Waals surface area (Å²) in [4.78, 5) is 12.5. The van der Waals surface area contributed by atoms with Crippen molar-refractivity contribution in [3.05, 3.63) is 58.5 Å². The number of carbonyl (C=O) groups excluding carboxylic acids is 1. The van der Waals surface area contributed by atoms with Gasteiger partial charge in [0.2, 0.25) is 5.91 Å². The highest BCUT2D eigenvalue weighted by molar-refractivity contribution is 7.10. The molecule has 2 nitrogen and oxygen atoms in total. The molecule has 17 heavy (non-hydrogen) atoms. The third-order valence-electron chi connectivity index (χ3n) is 2.05. The second kappa shape index (κ2) is 5.41. The van der Waals surface area contributed by atoms with Gasteiger partial charge in [0, 0.05) is 16.6 Å². The zero-order valence-corrected chi connectivity index (χ0v) is 9.71. The van der Waals surface area contributed by atoms with Gasteiger partial charge in [-0.1, -0.05) is 6.07 Å². The van der Waals surface area contributed by atoms with Crippen molar-refractivity contribution >= 4 is 29.0 Å². The van der Waals surface area contributed by atoms with Crippen molar-refractivity contribution in [3.63, 3.8) is 0 Å².